The van der Waals surface area contributed by atoms with E-state index in [4.69, 9.17) is 0 Å². The lowest BCUT2D eigenvalue weighted by Gasteiger charge is -2.23. The first-order valence-electron chi connectivity index (χ1n) is 17.9. The van der Waals surface area contributed by atoms with Crippen molar-refractivity contribution in [2.75, 3.05) is 76.0 Å². The highest BCUT2D eigenvalue weighted by Crippen LogP contribution is 2.47. The number of rotatable bonds is 10. The predicted octanol–water partition coefficient (Wildman–Crippen LogP) is 10.3. The van der Waals surface area contributed by atoms with Gasteiger partial charge in [-0.25, -0.2) is 0 Å². The highest BCUT2D eigenvalue weighted by Gasteiger charge is 2.35. The monoisotopic (exact) mass is 680 g/mol. The highest BCUT2D eigenvalue weighted by molar-refractivity contribution is 6.11. The first kappa shape index (κ1) is 34.4. The third kappa shape index (κ3) is 6.49. The molecule has 0 bridgehead atoms. The van der Waals surface area contributed by atoms with Crippen LogP contribution in [0.4, 0.5) is 22.7 Å². The summed E-state index contributed by atoms with van der Waals surface area (Å²) in [6.07, 6.45) is 0. The summed E-state index contributed by atoms with van der Waals surface area (Å²) in [5.41, 5.74) is 12.0. The van der Waals surface area contributed by atoms with E-state index >= 15 is 0 Å². The zero-order chi connectivity index (χ0) is 36.5. The first-order valence-corrected chi connectivity index (χ1v) is 17.9. The SMILES string of the molecule is CN(C)c1ccc([C+](c2ccc(N(C)C)cc2)c2c3ccccc3c([C+](c3ccc(N(C)C)cc3)c3ccc(N(C)C)cc3)c3ccccc23)cc1. The lowest BCUT2D eigenvalue weighted by Crippen LogP contribution is -2.13. The van der Waals surface area contributed by atoms with Crippen molar-refractivity contribution in [2.24, 2.45) is 0 Å². The van der Waals surface area contributed by atoms with E-state index in [9.17, 15) is 0 Å². The van der Waals surface area contributed by atoms with Crippen molar-refractivity contribution >= 4 is 44.3 Å². The summed E-state index contributed by atoms with van der Waals surface area (Å²) in [5, 5.41) is 4.91. The number of hydrogen-bond donors (Lipinski definition) is 0. The van der Waals surface area contributed by atoms with Crippen molar-refractivity contribution in [1.29, 1.82) is 0 Å². The van der Waals surface area contributed by atoms with Crippen molar-refractivity contribution in [3.05, 3.63) is 191 Å². The van der Waals surface area contributed by atoms with E-state index in [1.54, 1.807) is 0 Å². The molecule has 0 aliphatic rings. The van der Waals surface area contributed by atoms with Crippen molar-refractivity contribution < 1.29 is 0 Å². The van der Waals surface area contributed by atoms with Crippen LogP contribution in [0.1, 0.15) is 33.4 Å². The molecule has 0 aromatic heterocycles. The molecular weight excluding hydrogens is 633 g/mol. The van der Waals surface area contributed by atoms with Gasteiger partial charge in [-0.1, -0.05) is 24.3 Å². The van der Waals surface area contributed by atoms with Crippen LogP contribution in [0, 0.1) is 11.8 Å². The topological polar surface area (TPSA) is 13.0 Å². The molecule has 0 spiro atoms. The molecule has 0 unspecified atom stereocenters. The van der Waals surface area contributed by atoms with Crippen LogP contribution in [0.5, 0.6) is 0 Å². The Morgan fingerprint density at radius 1 is 0.269 bits per heavy atom. The van der Waals surface area contributed by atoms with Crippen LogP contribution < -0.4 is 19.6 Å². The van der Waals surface area contributed by atoms with Gasteiger partial charge in [-0.05, 0) is 121 Å². The molecule has 0 amide bonds. The smallest absolute Gasteiger partial charge is 0.0809 e. The van der Waals surface area contributed by atoms with Gasteiger partial charge >= 0.3 is 0 Å². The van der Waals surface area contributed by atoms with Gasteiger partial charge in [-0.3, -0.25) is 0 Å². The Hall–Kier alpha value is -6.00. The summed E-state index contributed by atoms with van der Waals surface area (Å²) in [5.74, 6) is 2.45. The average Bonchev–Trinajstić information content (AvgIpc) is 3.16. The van der Waals surface area contributed by atoms with Gasteiger partial charge in [0.25, 0.3) is 0 Å². The minimum absolute atomic E-state index is 1.18. The molecule has 52 heavy (non-hydrogen) atoms. The second-order valence-corrected chi connectivity index (χ2v) is 14.4. The van der Waals surface area contributed by atoms with Gasteiger partial charge in [-0.15, -0.1) is 0 Å². The fourth-order valence-electron chi connectivity index (χ4n) is 7.28. The number of hydrogen-bond acceptors (Lipinski definition) is 4. The van der Waals surface area contributed by atoms with Crippen molar-refractivity contribution in [3.63, 3.8) is 0 Å². The molecule has 7 aromatic rings. The van der Waals surface area contributed by atoms with Crippen LogP contribution in [-0.4, -0.2) is 56.4 Å². The maximum Gasteiger partial charge on any atom is 0.0809 e. The van der Waals surface area contributed by atoms with Gasteiger partial charge in [-0.2, -0.15) is 0 Å². The van der Waals surface area contributed by atoms with Gasteiger partial charge in [0.1, 0.15) is 0 Å². The Kier molecular flexibility index (Phi) is 9.49. The van der Waals surface area contributed by atoms with Crippen molar-refractivity contribution in [3.8, 4) is 0 Å². The lowest BCUT2D eigenvalue weighted by atomic mass is 9.75. The molecule has 0 aliphatic carbocycles. The molecular formula is C48H48N4+2. The molecule has 0 atom stereocenters. The van der Waals surface area contributed by atoms with E-state index in [1.165, 1.54) is 89.5 Å². The summed E-state index contributed by atoms with van der Waals surface area (Å²) in [6.45, 7) is 0. The van der Waals surface area contributed by atoms with Crippen LogP contribution >= 0.6 is 0 Å². The zero-order valence-electron chi connectivity index (χ0n) is 31.6. The summed E-state index contributed by atoms with van der Waals surface area (Å²) in [4.78, 5) is 8.62. The van der Waals surface area contributed by atoms with E-state index in [2.05, 4.69) is 222 Å². The van der Waals surface area contributed by atoms with Gasteiger partial charge in [0.2, 0.25) is 0 Å². The molecule has 0 aliphatic heterocycles. The minimum Gasteiger partial charge on any atom is -0.377 e. The van der Waals surface area contributed by atoms with Crippen LogP contribution in [0.3, 0.4) is 0 Å². The molecule has 258 valence electrons. The maximum atomic E-state index is 2.31. The van der Waals surface area contributed by atoms with E-state index in [-0.39, 0.29) is 0 Å². The van der Waals surface area contributed by atoms with Crippen molar-refractivity contribution in [1.82, 2.24) is 0 Å². The minimum atomic E-state index is 1.18. The van der Waals surface area contributed by atoms with Crippen LogP contribution in [-0.2, 0) is 0 Å². The Bertz CT molecular complexity index is 1960. The van der Waals surface area contributed by atoms with Gasteiger partial charge in [0.15, 0.2) is 0 Å². The largest absolute Gasteiger partial charge is 0.377 e. The average molecular weight is 681 g/mol. The molecule has 0 saturated carbocycles. The Balaban J connectivity index is 1.55. The van der Waals surface area contributed by atoms with E-state index in [1.807, 2.05) is 0 Å². The standard InChI is InChI=1S/C48H48N4/c1-49(2)37-25-17-33(18-26-37)45(34-19-27-38(28-20-34)50(3)4)47-41-13-9-11-15-43(41)48(44-16-12-10-14-42(44)47)46(35-21-29-39(30-22-35)51(5)6)36-23-31-40(32-24-36)52(7)8/h9-32H,1-8H3/q+2. The molecule has 0 radical (unpaired) electrons. The molecule has 7 aromatic carbocycles. The molecule has 0 N–H and O–H groups in total. The molecule has 4 heteroatoms. The number of anilines is 4. The van der Waals surface area contributed by atoms with Gasteiger partial charge in [0, 0.05) is 79.1 Å². The van der Waals surface area contributed by atoms with Crippen LogP contribution in [0.25, 0.3) is 21.5 Å². The van der Waals surface area contributed by atoms with E-state index in [0.717, 1.165) is 0 Å². The predicted molar refractivity (Wildman–Crippen MR) is 226 cm³/mol. The molecule has 4 nitrogen and oxygen atoms in total. The lowest BCUT2D eigenvalue weighted by molar-refractivity contribution is 1.12. The third-order valence-electron chi connectivity index (χ3n) is 10.1. The van der Waals surface area contributed by atoms with Gasteiger partial charge in [0.05, 0.1) is 66.8 Å². The summed E-state index contributed by atoms with van der Waals surface area (Å²) in [7, 11) is 16.7. The second-order valence-electron chi connectivity index (χ2n) is 14.4. The maximum absolute atomic E-state index is 2.31. The van der Waals surface area contributed by atoms with E-state index in [0.29, 0.717) is 0 Å². The molecule has 0 heterocycles. The second kappa shape index (κ2) is 14.3. The molecule has 0 saturated heterocycles. The fraction of sp³-hybridized carbons (Fsp3) is 0.167. The zero-order valence-corrected chi connectivity index (χ0v) is 31.6. The summed E-state index contributed by atoms with van der Waals surface area (Å²) >= 11 is 0. The molecule has 0 fully saturated rings. The van der Waals surface area contributed by atoms with Gasteiger partial charge < -0.3 is 19.6 Å². The fourth-order valence-corrected chi connectivity index (χ4v) is 7.28. The summed E-state index contributed by atoms with van der Waals surface area (Å²) in [6, 6.07) is 54.0. The van der Waals surface area contributed by atoms with Crippen molar-refractivity contribution in [2.45, 2.75) is 0 Å². The van der Waals surface area contributed by atoms with Crippen LogP contribution in [0.2, 0.25) is 0 Å². The van der Waals surface area contributed by atoms with E-state index < -0.39 is 0 Å². The highest BCUT2D eigenvalue weighted by atomic mass is 15.1. The Labute approximate surface area is 310 Å². The quantitative estimate of drug-likeness (QED) is 0.0810. The van der Waals surface area contributed by atoms with Crippen LogP contribution in [0.15, 0.2) is 146 Å². The third-order valence-corrected chi connectivity index (χ3v) is 10.1. The summed E-state index contributed by atoms with van der Waals surface area (Å²) < 4.78 is 0. The Morgan fingerprint density at radius 3 is 0.635 bits per heavy atom. The first-order chi connectivity index (χ1) is 25.1. The number of fused-ring (bicyclic) bond motifs is 2. The normalized spacial score (nSPS) is 11.1. The Morgan fingerprint density at radius 2 is 0.462 bits per heavy atom. The number of nitrogens with zero attached hydrogens (tertiary/aromatic N) is 4. The number of benzene rings is 7. The molecule has 7 rings (SSSR count).